The second kappa shape index (κ2) is 6.26. The minimum atomic E-state index is -0.816. The Bertz CT molecular complexity index is 505. The molecule has 124 valence electrons. The van der Waals surface area contributed by atoms with Crippen LogP contribution in [0.2, 0.25) is 0 Å². The molecule has 3 nitrogen and oxygen atoms in total. The van der Waals surface area contributed by atoms with Gasteiger partial charge in [-0.15, -0.1) is 0 Å². The molecule has 0 saturated carbocycles. The highest BCUT2D eigenvalue weighted by Gasteiger charge is 2.42. The minimum Gasteiger partial charge on any atom is -0.389 e. The predicted octanol–water partition coefficient (Wildman–Crippen LogP) is 3.87. The van der Waals surface area contributed by atoms with Crippen LogP contribution in [-0.2, 0) is 4.74 Å². The van der Waals surface area contributed by atoms with Crippen molar-refractivity contribution in [1.82, 2.24) is 4.90 Å². The maximum Gasteiger partial charge on any atom is 0.123 e. The first-order chi connectivity index (χ1) is 10.1. The lowest BCUT2D eigenvalue weighted by atomic mass is 9.97. The van der Waals surface area contributed by atoms with Crippen molar-refractivity contribution in [3.8, 4) is 0 Å². The van der Waals surface area contributed by atoms with Crippen LogP contribution in [0.3, 0.4) is 0 Å². The fraction of sp³-hybridized carbons (Fsp3) is 0.667. The van der Waals surface area contributed by atoms with Crippen LogP contribution >= 0.6 is 0 Å². The zero-order valence-corrected chi connectivity index (χ0v) is 14.3. The molecule has 1 N–H and O–H groups in total. The Morgan fingerprint density at radius 2 is 1.91 bits per heavy atom. The summed E-state index contributed by atoms with van der Waals surface area (Å²) in [6, 6.07) is 6.82. The summed E-state index contributed by atoms with van der Waals surface area (Å²) in [6.07, 6.45) is 1.77. The maximum atomic E-state index is 13.6. The van der Waals surface area contributed by atoms with Crippen molar-refractivity contribution >= 4 is 0 Å². The van der Waals surface area contributed by atoms with Gasteiger partial charge in [0.1, 0.15) is 12.5 Å². The molecule has 0 amide bonds. The molecule has 1 aliphatic heterocycles. The third-order valence-electron chi connectivity index (χ3n) is 4.21. The molecule has 22 heavy (non-hydrogen) atoms. The highest BCUT2D eigenvalue weighted by molar-refractivity contribution is 5.22. The third-order valence-corrected chi connectivity index (χ3v) is 4.21. The molecule has 1 saturated heterocycles. The van der Waals surface area contributed by atoms with E-state index in [2.05, 4.69) is 4.90 Å². The Morgan fingerprint density at radius 3 is 2.45 bits per heavy atom. The summed E-state index contributed by atoms with van der Waals surface area (Å²) in [7, 11) is 0. The van der Waals surface area contributed by atoms with Gasteiger partial charge in [-0.3, -0.25) is 4.90 Å². The lowest BCUT2D eigenvalue weighted by molar-refractivity contribution is -0.108. The van der Waals surface area contributed by atoms with Gasteiger partial charge in [-0.2, -0.15) is 0 Å². The van der Waals surface area contributed by atoms with E-state index in [1.54, 1.807) is 12.1 Å². The third kappa shape index (κ3) is 4.28. The minimum absolute atomic E-state index is 0.00289. The van der Waals surface area contributed by atoms with Crippen LogP contribution in [0.1, 0.15) is 59.1 Å². The molecule has 0 unspecified atom stereocenters. The average molecular weight is 309 g/mol. The van der Waals surface area contributed by atoms with Gasteiger partial charge in [-0.25, -0.2) is 4.39 Å². The summed E-state index contributed by atoms with van der Waals surface area (Å²) < 4.78 is 19.5. The number of rotatable bonds is 4. The molecule has 2 rings (SSSR count). The lowest BCUT2D eigenvalue weighted by Gasteiger charge is -2.38. The number of hydrogen-bond acceptors (Lipinski definition) is 3. The number of likely N-dealkylation sites (tertiary alicyclic amines) is 1. The van der Waals surface area contributed by atoms with Crippen molar-refractivity contribution < 1.29 is 14.2 Å². The Labute approximate surface area is 133 Å². The van der Waals surface area contributed by atoms with Crippen molar-refractivity contribution in [3.63, 3.8) is 0 Å². The molecule has 1 aromatic rings. The summed E-state index contributed by atoms with van der Waals surface area (Å²) in [5, 5.41) is 10.5. The molecular weight excluding hydrogens is 281 g/mol. The molecular formula is C18H28FNO2. The van der Waals surface area contributed by atoms with Crippen LogP contribution in [0, 0.1) is 5.82 Å². The van der Waals surface area contributed by atoms with E-state index in [9.17, 15) is 9.50 Å². The van der Waals surface area contributed by atoms with E-state index in [4.69, 9.17) is 4.74 Å². The van der Waals surface area contributed by atoms with Gasteiger partial charge in [0.25, 0.3) is 0 Å². The molecule has 1 aliphatic rings. The van der Waals surface area contributed by atoms with Gasteiger partial charge in [0, 0.05) is 12.1 Å². The average Bonchev–Trinajstić information content (AvgIpc) is 2.79. The summed E-state index contributed by atoms with van der Waals surface area (Å²) in [6.45, 7) is 10.1. The van der Waals surface area contributed by atoms with E-state index in [-0.39, 0.29) is 23.5 Å². The molecule has 1 heterocycles. The topological polar surface area (TPSA) is 32.7 Å². The largest absolute Gasteiger partial charge is 0.389 e. The molecule has 0 spiro atoms. The SMILES string of the molecule is CC(C)(C)OCN1[C@H](c2cccc(F)c2)CC[C@@H]1C(C)(C)O. The number of benzene rings is 1. The Morgan fingerprint density at radius 1 is 1.23 bits per heavy atom. The highest BCUT2D eigenvalue weighted by atomic mass is 19.1. The van der Waals surface area contributed by atoms with Gasteiger partial charge >= 0.3 is 0 Å². The fourth-order valence-electron chi connectivity index (χ4n) is 3.14. The van der Waals surface area contributed by atoms with E-state index in [1.807, 2.05) is 40.7 Å². The van der Waals surface area contributed by atoms with Crippen molar-refractivity contribution in [1.29, 1.82) is 0 Å². The molecule has 0 radical (unpaired) electrons. The normalized spacial score (nSPS) is 24.0. The van der Waals surface area contributed by atoms with Gasteiger partial charge in [-0.1, -0.05) is 12.1 Å². The van der Waals surface area contributed by atoms with E-state index in [0.29, 0.717) is 6.73 Å². The van der Waals surface area contributed by atoms with Gasteiger partial charge in [0.15, 0.2) is 0 Å². The quantitative estimate of drug-likeness (QED) is 0.916. The molecule has 1 fully saturated rings. The summed E-state index contributed by atoms with van der Waals surface area (Å²) in [5.41, 5.74) is -0.119. The van der Waals surface area contributed by atoms with Crippen molar-refractivity contribution in [2.24, 2.45) is 0 Å². The van der Waals surface area contributed by atoms with Crippen molar-refractivity contribution in [2.45, 2.75) is 70.7 Å². The van der Waals surface area contributed by atoms with Gasteiger partial charge < -0.3 is 9.84 Å². The van der Waals surface area contributed by atoms with Gasteiger partial charge in [0.2, 0.25) is 0 Å². The Kier molecular flexibility index (Phi) is 4.95. The Balaban J connectivity index is 2.24. The lowest BCUT2D eigenvalue weighted by Crippen LogP contribution is -2.48. The number of aliphatic hydroxyl groups is 1. The molecule has 2 atom stereocenters. The second-order valence-electron chi connectivity index (χ2n) is 7.72. The van der Waals surface area contributed by atoms with Crippen LogP contribution in [0.25, 0.3) is 0 Å². The Hall–Kier alpha value is -0.970. The number of hydrogen-bond donors (Lipinski definition) is 1. The van der Waals surface area contributed by atoms with E-state index < -0.39 is 5.60 Å². The van der Waals surface area contributed by atoms with Crippen LogP contribution in [0.5, 0.6) is 0 Å². The van der Waals surface area contributed by atoms with Crippen LogP contribution in [0.4, 0.5) is 4.39 Å². The second-order valence-corrected chi connectivity index (χ2v) is 7.72. The number of halogens is 1. The zero-order valence-electron chi connectivity index (χ0n) is 14.3. The summed E-state index contributed by atoms with van der Waals surface area (Å²) in [5.74, 6) is -0.221. The fourth-order valence-corrected chi connectivity index (χ4v) is 3.14. The smallest absolute Gasteiger partial charge is 0.123 e. The van der Waals surface area contributed by atoms with E-state index in [1.165, 1.54) is 6.07 Å². The maximum absolute atomic E-state index is 13.6. The molecule has 1 aromatic carbocycles. The summed E-state index contributed by atoms with van der Waals surface area (Å²) >= 11 is 0. The van der Waals surface area contributed by atoms with Crippen LogP contribution in [0.15, 0.2) is 24.3 Å². The monoisotopic (exact) mass is 309 g/mol. The van der Waals surface area contributed by atoms with Gasteiger partial charge in [-0.05, 0) is 65.2 Å². The first-order valence-corrected chi connectivity index (χ1v) is 7.95. The standard InChI is InChI=1S/C18H28FNO2/c1-17(2,3)22-12-20-15(9-10-16(20)18(4,5)21)13-7-6-8-14(19)11-13/h6-8,11,15-16,21H,9-10,12H2,1-5H3/t15-,16+/m0/s1. The molecule has 0 aromatic heterocycles. The molecule has 0 aliphatic carbocycles. The zero-order chi connectivity index (χ0) is 16.5. The first-order valence-electron chi connectivity index (χ1n) is 7.95. The van der Waals surface area contributed by atoms with Crippen molar-refractivity contribution in [2.75, 3.05) is 6.73 Å². The van der Waals surface area contributed by atoms with Crippen molar-refractivity contribution in [3.05, 3.63) is 35.6 Å². The molecule has 4 heteroatoms. The van der Waals surface area contributed by atoms with Crippen LogP contribution in [-0.4, -0.2) is 34.0 Å². The van der Waals surface area contributed by atoms with E-state index in [0.717, 1.165) is 18.4 Å². The predicted molar refractivity (Wildman–Crippen MR) is 86.0 cm³/mol. The number of nitrogens with zero attached hydrogens (tertiary/aromatic N) is 1. The molecule has 0 bridgehead atoms. The van der Waals surface area contributed by atoms with E-state index >= 15 is 0 Å². The number of ether oxygens (including phenoxy) is 1. The summed E-state index contributed by atoms with van der Waals surface area (Å²) in [4.78, 5) is 2.17. The first kappa shape index (κ1) is 17.4. The highest BCUT2D eigenvalue weighted by Crippen LogP contribution is 2.40. The van der Waals surface area contributed by atoms with Crippen LogP contribution < -0.4 is 0 Å². The van der Waals surface area contributed by atoms with Gasteiger partial charge in [0.05, 0.1) is 11.2 Å².